The SMILES string of the molecule is CCCCCCCCCC(=O)Oc1ccc(-c2ccc(C(=O)O)cc2-c2ccc(C(=O)O[C@H](C)CCC(C)C)c(F)c2)cc1. The van der Waals surface area contributed by atoms with Crippen LogP contribution in [0.15, 0.2) is 60.7 Å². The van der Waals surface area contributed by atoms with Crippen molar-refractivity contribution >= 4 is 17.9 Å². The summed E-state index contributed by atoms with van der Waals surface area (Å²) in [5.74, 6) is -1.99. The minimum Gasteiger partial charge on any atom is -0.478 e. The lowest BCUT2D eigenvalue weighted by atomic mass is 9.92. The molecule has 0 heterocycles. The van der Waals surface area contributed by atoms with Crippen molar-refractivity contribution in [1.82, 2.24) is 0 Å². The molecule has 0 radical (unpaired) electrons. The van der Waals surface area contributed by atoms with E-state index in [0.717, 1.165) is 31.2 Å². The Kier molecular flexibility index (Phi) is 13.6. The summed E-state index contributed by atoms with van der Waals surface area (Å²) < 4.78 is 26.2. The Morgan fingerprint density at radius 2 is 1.43 bits per heavy atom. The molecule has 0 aromatic heterocycles. The molecule has 3 rings (SSSR count). The van der Waals surface area contributed by atoms with Gasteiger partial charge in [-0.2, -0.15) is 0 Å². The van der Waals surface area contributed by atoms with Gasteiger partial charge in [-0.15, -0.1) is 0 Å². The number of hydrogen-bond acceptors (Lipinski definition) is 5. The van der Waals surface area contributed by atoms with Crippen LogP contribution in [0.25, 0.3) is 22.3 Å². The number of carboxylic acid groups (broad SMARTS) is 1. The summed E-state index contributed by atoms with van der Waals surface area (Å²) in [6, 6.07) is 15.7. The van der Waals surface area contributed by atoms with Gasteiger partial charge in [-0.25, -0.2) is 14.0 Å². The molecule has 0 fully saturated rings. The third-order valence-electron chi connectivity index (χ3n) is 7.61. The number of unbranched alkanes of at least 4 members (excludes halogenated alkanes) is 6. The van der Waals surface area contributed by atoms with E-state index in [1.807, 2.05) is 0 Å². The van der Waals surface area contributed by atoms with Gasteiger partial charge in [0.15, 0.2) is 0 Å². The lowest BCUT2D eigenvalue weighted by Gasteiger charge is -2.16. The number of rotatable bonds is 17. The molecule has 0 saturated heterocycles. The molecule has 1 N–H and O–H groups in total. The van der Waals surface area contributed by atoms with Gasteiger partial charge in [0.25, 0.3) is 0 Å². The predicted octanol–water partition coefficient (Wildman–Crippen LogP) is 9.89. The third-order valence-corrected chi connectivity index (χ3v) is 7.61. The van der Waals surface area contributed by atoms with Crippen LogP contribution in [0, 0.1) is 11.7 Å². The maximum atomic E-state index is 15.2. The summed E-state index contributed by atoms with van der Waals surface area (Å²) in [7, 11) is 0. The summed E-state index contributed by atoms with van der Waals surface area (Å²) >= 11 is 0. The molecule has 0 aliphatic carbocycles. The summed E-state index contributed by atoms with van der Waals surface area (Å²) in [4.78, 5) is 36.7. The highest BCUT2D eigenvalue weighted by molar-refractivity contribution is 5.95. The second kappa shape index (κ2) is 17.3. The highest BCUT2D eigenvalue weighted by Crippen LogP contribution is 2.35. The Morgan fingerprint density at radius 1 is 0.773 bits per heavy atom. The first-order valence-corrected chi connectivity index (χ1v) is 15.8. The molecule has 7 heteroatoms. The van der Waals surface area contributed by atoms with E-state index < -0.39 is 17.8 Å². The van der Waals surface area contributed by atoms with Gasteiger partial charge in [-0.05, 0) is 90.8 Å². The molecule has 0 saturated carbocycles. The molecule has 0 bridgehead atoms. The Hall–Kier alpha value is -4.00. The average molecular weight is 605 g/mol. The van der Waals surface area contributed by atoms with Gasteiger partial charge < -0.3 is 14.6 Å². The van der Waals surface area contributed by atoms with E-state index in [4.69, 9.17) is 9.47 Å². The number of carboxylic acids is 1. The van der Waals surface area contributed by atoms with E-state index in [-0.39, 0.29) is 23.2 Å². The van der Waals surface area contributed by atoms with E-state index in [2.05, 4.69) is 20.8 Å². The number of benzene rings is 3. The molecule has 236 valence electrons. The van der Waals surface area contributed by atoms with Crippen LogP contribution in [-0.2, 0) is 9.53 Å². The summed E-state index contributed by atoms with van der Waals surface area (Å²) in [6.07, 6.45) is 9.42. The van der Waals surface area contributed by atoms with E-state index in [1.54, 1.807) is 43.3 Å². The second-order valence-corrected chi connectivity index (χ2v) is 11.8. The molecular weight excluding hydrogens is 559 g/mol. The molecule has 0 aliphatic heterocycles. The molecule has 0 aliphatic rings. The Morgan fingerprint density at radius 3 is 2.07 bits per heavy atom. The van der Waals surface area contributed by atoms with Crippen molar-refractivity contribution < 1.29 is 33.4 Å². The standard InChI is InChI=1S/C37H45FO6/c1-5-6-7-8-9-10-11-12-35(39)44-30-19-15-27(16-20-30)31-21-18-29(36(40)41)23-33(31)28-17-22-32(34(38)24-28)37(42)43-26(4)14-13-25(2)3/h15-26H,5-14H2,1-4H3,(H,40,41)/t26-/m1/s1. The van der Waals surface area contributed by atoms with Gasteiger partial charge in [-0.1, -0.05) is 83.6 Å². The van der Waals surface area contributed by atoms with Gasteiger partial charge >= 0.3 is 17.9 Å². The molecule has 6 nitrogen and oxygen atoms in total. The normalized spacial score (nSPS) is 11.8. The van der Waals surface area contributed by atoms with Crippen LogP contribution in [0.1, 0.15) is 113 Å². The fraction of sp³-hybridized carbons (Fsp3) is 0.432. The van der Waals surface area contributed by atoms with Crippen molar-refractivity contribution in [3.63, 3.8) is 0 Å². The lowest BCUT2D eigenvalue weighted by molar-refractivity contribution is -0.134. The van der Waals surface area contributed by atoms with Crippen LogP contribution in [0.2, 0.25) is 0 Å². The first kappa shape index (κ1) is 34.5. The van der Waals surface area contributed by atoms with E-state index in [1.165, 1.54) is 49.9 Å². The molecule has 44 heavy (non-hydrogen) atoms. The van der Waals surface area contributed by atoms with Gasteiger partial charge in [0, 0.05) is 6.42 Å². The third kappa shape index (κ3) is 10.6. The minimum atomic E-state index is -1.11. The molecule has 1 atom stereocenters. The second-order valence-electron chi connectivity index (χ2n) is 11.8. The molecule has 3 aromatic rings. The van der Waals surface area contributed by atoms with Gasteiger partial charge in [0.2, 0.25) is 0 Å². The fourth-order valence-corrected chi connectivity index (χ4v) is 5.00. The number of aromatic carboxylic acids is 1. The van der Waals surface area contributed by atoms with Crippen molar-refractivity contribution in [2.75, 3.05) is 0 Å². The number of carbonyl (C=O) groups excluding carboxylic acids is 2. The average Bonchev–Trinajstić information content (AvgIpc) is 2.99. The number of esters is 2. The van der Waals surface area contributed by atoms with Crippen LogP contribution >= 0.6 is 0 Å². The van der Waals surface area contributed by atoms with E-state index >= 15 is 4.39 Å². The number of hydrogen-bond donors (Lipinski definition) is 1. The lowest BCUT2D eigenvalue weighted by Crippen LogP contribution is -2.16. The quantitative estimate of drug-likeness (QED) is 0.0937. The summed E-state index contributed by atoms with van der Waals surface area (Å²) in [5.41, 5.74) is 2.15. The zero-order chi connectivity index (χ0) is 32.1. The van der Waals surface area contributed by atoms with Crippen molar-refractivity contribution in [1.29, 1.82) is 0 Å². The summed E-state index contributed by atoms with van der Waals surface area (Å²) in [5, 5.41) is 9.61. The predicted molar refractivity (Wildman–Crippen MR) is 171 cm³/mol. The smallest absolute Gasteiger partial charge is 0.341 e. The van der Waals surface area contributed by atoms with E-state index in [9.17, 15) is 19.5 Å². The first-order valence-electron chi connectivity index (χ1n) is 15.8. The minimum absolute atomic E-state index is 0.0440. The van der Waals surface area contributed by atoms with Gasteiger partial charge in [-0.3, -0.25) is 4.79 Å². The first-order chi connectivity index (χ1) is 21.1. The van der Waals surface area contributed by atoms with Crippen LogP contribution in [-0.4, -0.2) is 29.1 Å². The van der Waals surface area contributed by atoms with Crippen LogP contribution in [0.4, 0.5) is 4.39 Å². The van der Waals surface area contributed by atoms with E-state index in [0.29, 0.717) is 41.2 Å². The van der Waals surface area contributed by atoms with Crippen molar-refractivity contribution in [3.8, 4) is 28.0 Å². The number of carbonyl (C=O) groups is 3. The Labute approximate surface area is 260 Å². The molecule has 3 aromatic carbocycles. The highest BCUT2D eigenvalue weighted by atomic mass is 19.1. The molecule has 0 amide bonds. The topological polar surface area (TPSA) is 89.9 Å². The zero-order valence-electron chi connectivity index (χ0n) is 26.4. The van der Waals surface area contributed by atoms with Crippen LogP contribution < -0.4 is 4.74 Å². The monoisotopic (exact) mass is 604 g/mol. The summed E-state index contributed by atoms with van der Waals surface area (Å²) in [6.45, 7) is 8.15. The zero-order valence-corrected chi connectivity index (χ0v) is 26.4. The molecule has 0 unspecified atom stereocenters. The largest absolute Gasteiger partial charge is 0.478 e. The Bertz CT molecular complexity index is 1400. The van der Waals surface area contributed by atoms with Crippen LogP contribution in [0.5, 0.6) is 5.75 Å². The number of halogens is 1. The van der Waals surface area contributed by atoms with Crippen molar-refractivity contribution in [3.05, 3.63) is 77.6 Å². The van der Waals surface area contributed by atoms with Crippen molar-refractivity contribution in [2.24, 2.45) is 5.92 Å². The maximum Gasteiger partial charge on any atom is 0.341 e. The maximum absolute atomic E-state index is 15.2. The number of ether oxygens (including phenoxy) is 2. The van der Waals surface area contributed by atoms with Crippen LogP contribution in [0.3, 0.4) is 0 Å². The fourth-order valence-electron chi connectivity index (χ4n) is 5.00. The van der Waals surface area contributed by atoms with Crippen molar-refractivity contribution in [2.45, 2.75) is 98.0 Å². The van der Waals surface area contributed by atoms with Gasteiger partial charge in [0.05, 0.1) is 17.2 Å². The Balaban J connectivity index is 1.74. The van der Waals surface area contributed by atoms with Gasteiger partial charge in [0.1, 0.15) is 11.6 Å². The highest BCUT2D eigenvalue weighted by Gasteiger charge is 2.19. The molecule has 0 spiro atoms. The molecular formula is C37H45FO6.